The van der Waals surface area contributed by atoms with Gasteiger partial charge >= 0.3 is 0 Å². The zero-order chi connectivity index (χ0) is 20.5. The monoisotopic (exact) mass is 399 g/mol. The highest BCUT2D eigenvalue weighted by atomic mass is 32.2. The quantitative estimate of drug-likeness (QED) is 0.628. The first kappa shape index (κ1) is 22.0. The molecule has 5 nitrogen and oxygen atoms in total. The Balaban J connectivity index is 1.85. The molecule has 150 valence electrons. The van der Waals surface area contributed by atoms with E-state index >= 15 is 0 Å². The molecule has 2 aromatic rings. The predicted octanol–water partition coefficient (Wildman–Crippen LogP) is 3.89. The summed E-state index contributed by atoms with van der Waals surface area (Å²) < 4.78 is 0. The number of nitrogens with one attached hydrogen (secondary N) is 2. The molecule has 2 amide bonds. The second-order valence-electron chi connectivity index (χ2n) is 6.83. The summed E-state index contributed by atoms with van der Waals surface area (Å²) in [6, 6.07) is 15.8. The molecule has 0 spiro atoms. The predicted molar refractivity (Wildman–Crippen MR) is 116 cm³/mol. The van der Waals surface area contributed by atoms with Crippen LogP contribution in [0.25, 0.3) is 0 Å². The summed E-state index contributed by atoms with van der Waals surface area (Å²) in [5.74, 6) is -0.0921. The lowest BCUT2D eigenvalue weighted by Crippen LogP contribution is -2.30. The minimum absolute atomic E-state index is 0.00650. The Morgan fingerprint density at radius 3 is 2.43 bits per heavy atom. The molecule has 2 N–H and O–H groups in total. The van der Waals surface area contributed by atoms with Gasteiger partial charge in [-0.1, -0.05) is 31.2 Å². The van der Waals surface area contributed by atoms with Gasteiger partial charge in [-0.25, -0.2) is 0 Å². The van der Waals surface area contributed by atoms with Gasteiger partial charge in [0, 0.05) is 30.6 Å². The second kappa shape index (κ2) is 10.9. The summed E-state index contributed by atoms with van der Waals surface area (Å²) in [7, 11) is 2.09. The number of thioether (sulfide) groups is 1. The number of carbonyl (C=O) groups is 2. The molecule has 1 unspecified atom stereocenters. The zero-order valence-corrected chi connectivity index (χ0v) is 17.8. The van der Waals surface area contributed by atoms with Crippen molar-refractivity contribution in [1.29, 1.82) is 0 Å². The molecule has 0 radical (unpaired) electrons. The van der Waals surface area contributed by atoms with Gasteiger partial charge < -0.3 is 15.5 Å². The lowest BCUT2D eigenvalue weighted by Gasteiger charge is -2.15. The average molecular weight is 400 g/mol. The third-order valence-electron chi connectivity index (χ3n) is 4.31. The Bertz CT molecular complexity index is 793. The van der Waals surface area contributed by atoms with Crippen molar-refractivity contribution >= 4 is 29.3 Å². The first-order chi connectivity index (χ1) is 13.4. The van der Waals surface area contributed by atoms with Crippen molar-refractivity contribution in [3.8, 4) is 0 Å². The normalized spacial score (nSPS) is 11.9. The van der Waals surface area contributed by atoms with Crippen LogP contribution in [0.3, 0.4) is 0 Å². The molecule has 0 saturated carbocycles. The Labute approximate surface area is 171 Å². The Morgan fingerprint density at radius 2 is 1.79 bits per heavy atom. The van der Waals surface area contributed by atoms with Crippen LogP contribution in [-0.4, -0.2) is 35.6 Å². The minimum Gasteiger partial charge on any atom is -0.351 e. The van der Waals surface area contributed by atoms with Crippen molar-refractivity contribution in [2.24, 2.45) is 0 Å². The molecule has 0 aliphatic carbocycles. The first-order valence-corrected chi connectivity index (χ1v) is 10.3. The molecule has 0 aliphatic rings. The molecular formula is C22H29N3O2S. The molecule has 0 bridgehead atoms. The number of carbonyl (C=O) groups excluding carboxylic acids is 2. The highest BCUT2D eigenvalue weighted by Crippen LogP contribution is 2.25. The van der Waals surface area contributed by atoms with Crippen LogP contribution in [-0.2, 0) is 22.7 Å². The van der Waals surface area contributed by atoms with Crippen molar-refractivity contribution in [2.45, 2.75) is 44.0 Å². The topological polar surface area (TPSA) is 61.4 Å². The fraction of sp³-hybridized carbons (Fsp3) is 0.364. The van der Waals surface area contributed by atoms with Crippen LogP contribution < -0.4 is 10.6 Å². The van der Waals surface area contributed by atoms with Crippen LogP contribution in [0, 0.1) is 0 Å². The second-order valence-corrected chi connectivity index (χ2v) is 8.25. The molecule has 0 heterocycles. The molecule has 2 rings (SSSR count). The standard InChI is InChI=1S/C22H29N3O2S/c1-5-25(4)15-19-8-6-7-18(13-19)14-23-22(27)16(2)28-21-11-9-20(10-12-21)24-17(3)26/h6-13,16H,5,14-15H2,1-4H3,(H,23,27)(H,24,26). The van der Waals surface area contributed by atoms with Gasteiger partial charge in [0.05, 0.1) is 5.25 Å². The molecule has 0 aliphatic heterocycles. The van der Waals surface area contributed by atoms with Crippen LogP contribution in [0.5, 0.6) is 0 Å². The zero-order valence-electron chi connectivity index (χ0n) is 17.0. The van der Waals surface area contributed by atoms with E-state index in [0.717, 1.165) is 29.2 Å². The molecular weight excluding hydrogens is 370 g/mol. The fourth-order valence-electron chi connectivity index (χ4n) is 2.67. The number of nitrogens with zero attached hydrogens (tertiary/aromatic N) is 1. The summed E-state index contributed by atoms with van der Waals surface area (Å²) in [5.41, 5.74) is 3.10. The lowest BCUT2D eigenvalue weighted by atomic mass is 10.1. The molecule has 1 atom stereocenters. The molecule has 0 aromatic heterocycles. The van der Waals surface area contributed by atoms with Crippen LogP contribution in [0.4, 0.5) is 5.69 Å². The summed E-state index contributed by atoms with van der Waals surface area (Å²) >= 11 is 1.50. The third kappa shape index (κ3) is 7.37. The molecule has 6 heteroatoms. The molecule has 28 heavy (non-hydrogen) atoms. The Kier molecular flexibility index (Phi) is 8.54. The van der Waals surface area contributed by atoms with Gasteiger partial charge in [-0.2, -0.15) is 0 Å². The minimum atomic E-state index is -0.207. The maximum Gasteiger partial charge on any atom is 0.233 e. The van der Waals surface area contributed by atoms with Crippen LogP contribution >= 0.6 is 11.8 Å². The van der Waals surface area contributed by atoms with E-state index in [2.05, 4.69) is 41.6 Å². The Hall–Kier alpha value is -2.31. The fourth-order valence-corrected chi connectivity index (χ4v) is 3.56. The maximum absolute atomic E-state index is 12.4. The highest BCUT2D eigenvalue weighted by molar-refractivity contribution is 8.00. The van der Waals surface area contributed by atoms with E-state index in [-0.39, 0.29) is 17.1 Å². The van der Waals surface area contributed by atoms with E-state index in [9.17, 15) is 9.59 Å². The number of anilines is 1. The van der Waals surface area contributed by atoms with Gasteiger partial charge in [0.2, 0.25) is 11.8 Å². The van der Waals surface area contributed by atoms with Crippen molar-refractivity contribution in [3.63, 3.8) is 0 Å². The van der Waals surface area contributed by atoms with Crippen LogP contribution in [0.2, 0.25) is 0 Å². The summed E-state index contributed by atoms with van der Waals surface area (Å²) in [5, 5.41) is 5.55. The average Bonchev–Trinajstić information content (AvgIpc) is 2.67. The van der Waals surface area contributed by atoms with Gasteiger partial charge in [-0.3, -0.25) is 9.59 Å². The van der Waals surface area contributed by atoms with Crippen molar-refractivity contribution < 1.29 is 9.59 Å². The van der Waals surface area contributed by atoms with Gasteiger partial charge in [-0.15, -0.1) is 11.8 Å². The lowest BCUT2D eigenvalue weighted by molar-refractivity contribution is -0.120. The highest BCUT2D eigenvalue weighted by Gasteiger charge is 2.14. The van der Waals surface area contributed by atoms with Crippen molar-refractivity contribution in [1.82, 2.24) is 10.2 Å². The largest absolute Gasteiger partial charge is 0.351 e. The molecule has 0 fully saturated rings. The van der Waals surface area contributed by atoms with E-state index < -0.39 is 0 Å². The third-order valence-corrected chi connectivity index (χ3v) is 5.42. The summed E-state index contributed by atoms with van der Waals surface area (Å²) in [4.78, 5) is 26.7. The van der Waals surface area contributed by atoms with Crippen LogP contribution in [0.1, 0.15) is 31.9 Å². The van der Waals surface area contributed by atoms with E-state index in [1.807, 2.05) is 43.3 Å². The number of rotatable bonds is 9. The molecule has 0 saturated heterocycles. The Morgan fingerprint density at radius 1 is 1.11 bits per heavy atom. The van der Waals surface area contributed by atoms with Gasteiger partial charge in [0.25, 0.3) is 0 Å². The van der Waals surface area contributed by atoms with E-state index in [0.29, 0.717) is 6.54 Å². The smallest absolute Gasteiger partial charge is 0.233 e. The SMILES string of the molecule is CCN(C)Cc1cccc(CNC(=O)C(C)Sc2ccc(NC(C)=O)cc2)c1. The maximum atomic E-state index is 12.4. The van der Waals surface area contributed by atoms with Gasteiger partial charge in [0.1, 0.15) is 0 Å². The van der Waals surface area contributed by atoms with E-state index in [1.54, 1.807) is 0 Å². The summed E-state index contributed by atoms with van der Waals surface area (Å²) in [6.45, 7) is 7.94. The van der Waals surface area contributed by atoms with E-state index in [4.69, 9.17) is 0 Å². The van der Waals surface area contributed by atoms with E-state index in [1.165, 1.54) is 24.2 Å². The van der Waals surface area contributed by atoms with Gasteiger partial charge in [0.15, 0.2) is 0 Å². The summed E-state index contributed by atoms with van der Waals surface area (Å²) in [6.07, 6.45) is 0. The van der Waals surface area contributed by atoms with Gasteiger partial charge in [-0.05, 0) is 55.9 Å². The van der Waals surface area contributed by atoms with Crippen LogP contribution in [0.15, 0.2) is 53.4 Å². The number of benzene rings is 2. The van der Waals surface area contributed by atoms with Crippen molar-refractivity contribution in [3.05, 3.63) is 59.7 Å². The number of hydrogen-bond donors (Lipinski definition) is 2. The number of hydrogen-bond acceptors (Lipinski definition) is 4. The van der Waals surface area contributed by atoms with Crippen molar-refractivity contribution in [2.75, 3.05) is 18.9 Å². The number of amides is 2. The first-order valence-electron chi connectivity index (χ1n) is 9.45. The molecule has 2 aromatic carbocycles.